The van der Waals surface area contributed by atoms with Crippen LogP contribution in [-0.4, -0.2) is 30.8 Å². The number of Topliss-reactive ketones (excluding diaryl/α,β-unsaturated/α-hetero) is 1. The molecule has 4 rings (SSSR count). The molecule has 0 saturated carbocycles. The Labute approximate surface area is 211 Å². The fraction of sp³-hybridized carbons (Fsp3) is 0.300. The number of rotatable bonds is 7. The van der Waals surface area contributed by atoms with Crippen LogP contribution in [0.15, 0.2) is 72.8 Å². The summed E-state index contributed by atoms with van der Waals surface area (Å²) < 4.78 is 11.2. The Kier molecular flexibility index (Phi) is 7.25. The second kappa shape index (κ2) is 10.4. The van der Waals surface area contributed by atoms with E-state index in [2.05, 4.69) is 32.9 Å². The van der Waals surface area contributed by atoms with Crippen molar-refractivity contribution in [3.8, 4) is 11.5 Å². The first-order chi connectivity index (χ1) is 17.1. The van der Waals surface area contributed by atoms with Crippen LogP contribution in [-0.2, 0) is 19.7 Å². The molecule has 0 radical (unpaired) electrons. The Hall–Kier alpha value is -3.93. The van der Waals surface area contributed by atoms with Crippen LogP contribution in [0.2, 0.25) is 0 Å². The highest BCUT2D eigenvalue weighted by Gasteiger charge is 2.36. The molecule has 6 heteroatoms. The van der Waals surface area contributed by atoms with Crippen LogP contribution in [0.25, 0.3) is 0 Å². The maximum atomic E-state index is 12.6. The molecule has 0 N–H and O–H groups in total. The topological polar surface area (TPSA) is 72.9 Å². The average Bonchev–Trinajstić information content (AvgIpc) is 3.24. The number of nitrogens with zero attached hydrogens (tertiary/aromatic N) is 1. The molecule has 1 atom stereocenters. The lowest BCUT2D eigenvalue weighted by Crippen LogP contribution is -2.27. The SMILES string of the molecule is Cc1ccc(C(=O)COC(=O)[C@H]2CC(=O)N(c3ccc(Oc4ccc(C(C)(C)C)cc4)cc3)C2)cc1. The summed E-state index contributed by atoms with van der Waals surface area (Å²) in [5.74, 6) is -0.192. The van der Waals surface area contributed by atoms with E-state index >= 15 is 0 Å². The van der Waals surface area contributed by atoms with E-state index in [-0.39, 0.29) is 36.7 Å². The zero-order chi connectivity index (χ0) is 25.9. The predicted molar refractivity (Wildman–Crippen MR) is 139 cm³/mol. The molecule has 0 spiro atoms. The van der Waals surface area contributed by atoms with Gasteiger partial charge in [0.05, 0.1) is 5.92 Å². The van der Waals surface area contributed by atoms with Crippen molar-refractivity contribution in [1.82, 2.24) is 0 Å². The maximum absolute atomic E-state index is 12.6. The highest BCUT2D eigenvalue weighted by molar-refractivity contribution is 6.01. The molecule has 1 aliphatic rings. The molecule has 36 heavy (non-hydrogen) atoms. The lowest BCUT2D eigenvalue weighted by atomic mass is 9.87. The molecule has 0 bridgehead atoms. The van der Waals surface area contributed by atoms with Gasteiger partial charge < -0.3 is 14.4 Å². The van der Waals surface area contributed by atoms with E-state index in [1.807, 2.05) is 31.2 Å². The van der Waals surface area contributed by atoms with Gasteiger partial charge in [-0.3, -0.25) is 14.4 Å². The number of aryl methyl sites for hydroxylation is 1. The zero-order valence-electron chi connectivity index (χ0n) is 21.1. The Morgan fingerprint density at radius 1 is 0.889 bits per heavy atom. The molecule has 3 aromatic rings. The highest BCUT2D eigenvalue weighted by Crippen LogP contribution is 2.30. The van der Waals surface area contributed by atoms with Crippen LogP contribution in [0.5, 0.6) is 11.5 Å². The third-order valence-corrected chi connectivity index (χ3v) is 6.28. The number of ether oxygens (including phenoxy) is 2. The first-order valence-corrected chi connectivity index (χ1v) is 12.1. The number of anilines is 1. The van der Waals surface area contributed by atoms with Gasteiger partial charge in [-0.1, -0.05) is 62.7 Å². The number of carbonyl (C=O) groups excluding carboxylic acids is 3. The van der Waals surface area contributed by atoms with Crippen LogP contribution in [0.1, 0.15) is 48.7 Å². The Balaban J connectivity index is 1.32. The van der Waals surface area contributed by atoms with E-state index in [9.17, 15) is 14.4 Å². The van der Waals surface area contributed by atoms with E-state index in [1.54, 1.807) is 41.3 Å². The van der Waals surface area contributed by atoms with Gasteiger partial charge in [0.15, 0.2) is 12.4 Å². The van der Waals surface area contributed by atoms with Gasteiger partial charge in [0.1, 0.15) is 11.5 Å². The molecule has 0 aromatic heterocycles. The lowest BCUT2D eigenvalue weighted by molar-refractivity contribution is -0.147. The van der Waals surface area contributed by atoms with E-state index in [0.717, 1.165) is 11.3 Å². The van der Waals surface area contributed by atoms with E-state index < -0.39 is 11.9 Å². The molecular formula is C30H31NO5. The van der Waals surface area contributed by atoms with Gasteiger partial charge >= 0.3 is 5.97 Å². The molecular weight excluding hydrogens is 454 g/mol. The average molecular weight is 486 g/mol. The minimum absolute atomic E-state index is 0.0515. The van der Waals surface area contributed by atoms with Crippen LogP contribution in [0, 0.1) is 12.8 Å². The van der Waals surface area contributed by atoms with Crippen molar-refractivity contribution < 1.29 is 23.9 Å². The molecule has 1 aliphatic heterocycles. The number of hydrogen-bond donors (Lipinski definition) is 0. The first-order valence-electron chi connectivity index (χ1n) is 12.1. The largest absolute Gasteiger partial charge is 0.457 e. The Bertz CT molecular complexity index is 1240. The summed E-state index contributed by atoms with van der Waals surface area (Å²) in [5, 5.41) is 0. The zero-order valence-corrected chi connectivity index (χ0v) is 21.1. The van der Waals surface area contributed by atoms with Crippen molar-refractivity contribution in [2.45, 2.75) is 39.5 Å². The molecule has 1 fully saturated rings. The van der Waals surface area contributed by atoms with Gasteiger partial charge in [-0.2, -0.15) is 0 Å². The molecule has 1 saturated heterocycles. The van der Waals surface area contributed by atoms with Gasteiger partial charge in [-0.15, -0.1) is 0 Å². The summed E-state index contributed by atoms with van der Waals surface area (Å²) in [6.07, 6.45) is 0.0515. The van der Waals surface area contributed by atoms with E-state index in [0.29, 0.717) is 17.0 Å². The molecule has 1 heterocycles. The van der Waals surface area contributed by atoms with E-state index in [4.69, 9.17) is 9.47 Å². The molecule has 0 aliphatic carbocycles. The van der Waals surface area contributed by atoms with Gasteiger partial charge in [0.2, 0.25) is 5.91 Å². The minimum atomic E-state index is -0.611. The third kappa shape index (κ3) is 6.00. The normalized spacial score (nSPS) is 15.6. The number of carbonyl (C=O) groups is 3. The highest BCUT2D eigenvalue weighted by atomic mass is 16.5. The first kappa shape index (κ1) is 25.2. The summed E-state index contributed by atoms with van der Waals surface area (Å²) in [6, 6.07) is 22.3. The second-order valence-corrected chi connectivity index (χ2v) is 10.2. The molecule has 6 nitrogen and oxygen atoms in total. The molecule has 1 amide bonds. The van der Waals surface area contributed by atoms with Crippen LogP contribution < -0.4 is 9.64 Å². The predicted octanol–water partition coefficient (Wildman–Crippen LogP) is 5.86. The fourth-order valence-corrected chi connectivity index (χ4v) is 4.05. The number of hydrogen-bond acceptors (Lipinski definition) is 5. The van der Waals surface area contributed by atoms with Crippen LogP contribution in [0.4, 0.5) is 5.69 Å². The Morgan fingerprint density at radius 2 is 1.47 bits per heavy atom. The number of ketones is 1. The van der Waals surface area contributed by atoms with Gasteiger partial charge in [-0.05, 0) is 54.3 Å². The van der Waals surface area contributed by atoms with Crippen molar-refractivity contribution in [1.29, 1.82) is 0 Å². The summed E-state index contributed by atoms with van der Waals surface area (Å²) >= 11 is 0. The van der Waals surface area contributed by atoms with Gasteiger partial charge in [0, 0.05) is 24.2 Å². The van der Waals surface area contributed by atoms with Crippen molar-refractivity contribution in [2.75, 3.05) is 18.1 Å². The summed E-state index contributed by atoms with van der Waals surface area (Å²) in [5.41, 5.74) is 3.52. The second-order valence-electron chi connectivity index (χ2n) is 10.2. The van der Waals surface area contributed by atoms with Crippen LogP contribution in [0.3, 0.4) is 0 Å². The smallest absolute Gasteiger partial charge is 0.311 e. The van der Waals surface area contributed by atoms with Gasteiger partial charge in [-0.25, -0.2) is 0 Å². The fourth-order valence-electron chi connectivity index (χ4n) is 4.05. The summed E-state index contributed by atoms with van der Waals surface area (Å²) in [7, 11) is 0. The molecule has 0 unspecified atom stereocenters. The number of amides is 1. The van der Waals surface area contributed by atoms with Crippen molar-refractivity contribution >= 4 is 23.3 Å². The standard InChI is InChI=1S/C30H31NO5/c1-20-5-7-21(8-6-20)27(32)19-35-29(34)22-17-28(33)31(18-22)24-11-15-26(16-12-24)36-25-13-9-23(10-14-25)30(2,3)4/h5-16,22H,17-19H2,1-4H3/t22-/m0/s1. The molecule has 186 valence electrons. The minimum Gasteiger partial charge on any atom is -0.457 e. The third-order valence-electron chi connectivity index (χ3n) is 6.28. The monoisotopic (exact) mass is 485 g/mol. The number of esters is 1. The Morgan fingerprint density at radius 3 is 2.06 bits per heavy atom. The van der Waals surface area contributed by atoms with Crippen molar-refractivity contribution in [3.63, 3.8) is 0 Å². The van der Waals surface area contributed by atoms with Gasteiger partial charge in [0.25, 0.3) is 0 Å². The quantitative estimate of drug-likeness (QED) is 0.309. The summed E-state index contributed by atoms with van der Waals surface area (Å²) in [4.78, 5) is 39.0. The maximum Gasteiger partial charge on any atom is 0.311 e. The van der Waals surface area contributed by atoms with Crippen molar-refractivity contribution in [2.24, 2.45) is 5.92 Å². The lowest BCUT2D eigenvalue weighted by Gasteiger charge is -2.19. The molecule has 3 aromatic carbocycles. The van der Waals surface area contributed by atoms with Crippen molar-refractivity contribution in [3.05, 3.63) is 89.5 Å². The van der Waals surface area contributed by atoms with Crippen LogP contribution >= 0.6 is 0 Å². The van der Waals surface area contributed by atoms with E-state index in [1.165, 1.54) is 5.56 Å². The summed E-state index contributed by atoms with van der Waals surface area (Å²) in [6.45, 7) is 8.30. The number of benzene rings is 3.